The molecule has 0 saturated heterocycles. The number of aryl methyl sites for hydroxylation is 1. The Kier molecular flexibility index (Phi) is 5.69. The second-order valence-electron chi connectivity index (χ2n) is 5.78. The molecule has 8 heteroatoms. The van der Waals surface area contributed by atoms with E-state index in [1.807, 2.05) is 20.8 Å². The third-order valence-electron chi connectivity index (χ3n) is 2.44. The monoisotopic (exact) mass is 296 g/mol. The van der Waals surface area contributed by atoms with Crippen molar-refractivity contribution in [1.29, 1.82) is 0 Å². The minimum atomic E-state index is -0.253. The summed E-state index contributed by atoms with van der Waals surface area (Å²) in [5, 5.41) is 9.77. The van der Waals surface area contributed by atoms with Crippen LogP contribution in [0, 0.1) is 6.92 Å². The molecule has 1 heterocycles. The minimum absolute atomic E-state index is 0.0663. The Morgan fingerprint density at radius 3 is 2.57 bits per heavy atom. The highest BCUT2D eigenvalue weighted by Crippen LogP contribution is 1.99. The summed E-state index contributed by atoms with van der Waals surface area (Å²) >= 11 is 0. The predicted octanol–water partition coefficient (Wildman–Crippen LogP) is 0.300. The van der Waals surface area contributed by atoms with Gasteiger partial charge in [-0.1, -0.05) is 5.16 Å². The second-order valence-corrected chi connectivity index (χ2v) is 5.78. The van der Waals surface area contributed by atoms with Crippen LogP contribution in [0.25, 0.3) is 0 Å². The Hall–Kier alpha value is -2.12. The molecule has 1 aromatic rings. The molecule has 1 rings (SSSR count). The van der Waals surface area contributed by atoms with E-state index in [9.17, 15) is 4.79 Å². The maximum atomic E-state index is 11.9. The van der Waals surface area contributed by atoms with Crippen LogP contribution >= 0.6 is 0 Å². The minimum Gasteiger partial charge on any atom is -0.350 e. The van der Waals surface area contributed by atoms with Gasteiger partial charge < -0.3 is 20.1 Å². The van der Waals surface area contributed by atoms with Gasteiger partial charge in [-0.2, -0.15) is 4.98 Å². The van der Waals surface area contributed by atoms with Crippen LogP contribution in [0.3, 0.4) is 0 Å². The average molecular weight is 296 g/mol. The third kappa shape index (κ3) is 6.24. The second kappa shape index (κ2) is 7.05. The molecule has 0 bridgehead atoms. The molecule has 1 aromatic heterocycles. The number of aliphatic imine (C=N–C) groups is 1. The number of carbonyl (C=O) groups is 1. The Morgan fingerprint density at radius 1 is 1.43 bits per heavy atom. The van der Waals surface area contributed by atoms with E-state index in [1.54, 1.807) is 25.9 Å². The van der Waals surface area contributed by atoms with E-state index in [0.29, 0.717) is 24.2 Å². The molecule has 2 N–H and O–H groups in total. The molecule has 21 heavy (non-hydrogen) atoms. The van der Waals surface area contributed by atoms with Gasteiger partial charge >= 0.3 is 0 Å². The number of likely N-dealkylation sites (N-methyl/N-ethyl adjacent to an activating group) is 1. The summed E-state index contributed by atoms with van der Waals surface area (Å²) < 4.78 is 4.89. The maximum absolute atomic E-state index is 11.9. The Bertz CT molecular complexity index is 503. The van der Waals surface area contributed by atoms with Crippen molar-refractivity contribution in [3.05, 3.63) is 11.7 Å². The Morgan fingerprint density at radius 2 is 2.10 bits per heavy atom. The summed E-state index contributed by atoms with van der Waals surface area (Å²) in [6, 6.07) is 0. The van der Waals surface area contributed by atoms with Crippen LogP contribution in [0.4, 0.5) is 0 Å². The molecule has 1 amide bonds. The number of nitrogens with one attached hydrogen (secondary N) is 2. The van der Waals surface area contributed by atoms with Crippen molar-refractivity contribution in [3.8, 4) is 0 Å². The zero-order valence-corrected chi connectivity index (χ0v) is 13.5. The van der Waals surface area contributed by atoms with Crippen LogP contribution in [0.15, 0.2) is 9.52 Å². The molecule has 0 atom stereocenters. The standard InChI is InChI=1S/C13H24N6O2/c1-9-16-10(18-21-9)7-15-12(14-5)19(6)8-11(20)17-13(2,3)4/h7-8H2,1-6H3,(H,14,15)(H,17,20). The largest absolute Gasteiger partial charge is 0.350 e. The highest BCUT2D eigenvalue weighted by molar-refractivity contribution is 5.86. The van der Waals surface area contributed by atoms with Crippen molar-refractivity contribution in [2.75, 3.05) is 20.6 Å². The molecular weight excluding hydrogens is 272 g/mol. The van der Waals surface area contributed by atoms with Crippen molar-refractivity contribution >= 4 is 11.9 Å². The zero-order valence-electron chi connectivity index (χ0n) is 13.5. The summed E-state index contributed by atoms with van der Waals surface area (Å²) in [7, 11) is 3.45. The SMILES string of the molecule is CN=C(NCc1noc(C)n1)N(C)CC(=O)NC(C)(C)C. The van der Waals surface area contributed by atoms with Crippen molar-refractivity contribution < 1.29 is 9.32 Å². The summed E-state index contributed by atoms with van der Waals surface area (Å²) in [5.74, 6) is 1.57. The van der Waals surface area contributed by atoms with Crippen LogP contribution in [0.1, 0.15) is 32.5 Å². The molecule has 0 fully saturated rings. The summed E-state index contributed by atoms with van der Waals surface area (Å²) in [5.41, 5.74) is -0.253. The van der Waals surface area contributed by atoms with Crippen molar-refractivity contribution in [2.24, 2.45) is 4.99 Å². The lowest BCUT2D eigenvalue weighted by Crippen LogP contribution is -2.48. The molecule has 0 aliphatic carbocycles. The number of nitrogens with zero attached hydrogens (tertiary/aromatic N) is 4. The summed E-state index contributed by atoms with van der Waals surface area (Å²) in [6.45, 7) is 8.15. The van der Waals surface area contributed by atoms with Crippen LogP contribution < -0.4 is 10.6 Å². The first kappa shape index (κ1) is 16.9. The number of carbonyl (C=O) groups excluding carboxylic acids is 1. The van der Waals surface area contributed by atoms with E-state index in [2.05, 4.69) is 25.8 Å². The number of amides is 1. The van der Waals surface area contributed by atoms with Gasteiger partial charge in [0.25, 0.3) is 0 Å². The van der Waals surface area contributed by atoms with Gasteiger partial charge in [0.15, 0.2) is 11.8 Å². The van der Waals surface area contributed by atoms with Gasteiger partial charge in [-0.25, -0.2) is 0 Å². The van der Waals surface area contributed by atoms with Crippen molar-refractivity contribution in [2.45, 2.75) is 39.8 Å². The number of hydrogen-bond donors (Lipinski definition) is 2. The van der Waals surface area contributed by atoms with E-state index in [4.69, 9.17) is 4.52 Å². The molecular formula is C13H24N6O2. The normalized spacial score (nSPS) is 12.2. The highest BCUT2D eigenvalue weighted by Gasteiger charge is 2.17. The molecule has 0 spiro atoms. The van der Waals surface area contributed by atoms with Crippen LogP contribution in [0.5, 0.6) is 0 Å². The van der Waals surface area contributed by atoms with Crippen molar-refractivity contribution in [3.63, 3.8) is 0 Å². The zero-order chi connectivity index (χ0) is 16.0. The highest BCUT2D eigenvalue weighted by atomic mass is 16.5. The first-order valence-corrected chi connectivity index (χ1v) is 6.73. The first-order chi connectivity index (χ1) is 9.71. The molecule has 8 nitrogen and oxygen atoms in total. The average Bonchev–Trinajstić information content (AvgIpc) is 2.73. The fraction of sp³-hybridized carbons (Fsp3) is 0.692. The number of guanidine groups is 1. The van der Waals surface area contributed by atoms with Gasteiger partial charge in [0.1, 0.15) is 0 Å². The lowest BCUT2D eigenvalue weighted by molar-refractivity contribution is -0.122. The smallest absolute Gasteiger partial charge is 0.240 e. The van der Waals surface area contributed by atoms with E-state index in [-0.39, 0.29) is 18.0 Å². The lowest BCUT2D eigenvalue weighted by atomic mass is 10.1. The third-order valence-corrected chi connectivity index (χ3v) is 2.44. The van der Waals surface area contributed by atoms with E-state index >= 15 is 0 Å². The van der Waals surface area contributed by atoms with E-state index < -0.39 is 0 Å². The fourth-order valence-corrected chi connectivity index (χ4v) is 1.70. The quantitative estimate of drug-likeness (QED) is 0.613. The maximum Gasteiger partial charge on any atom is 0.240 e. The van der Waals surface area contributed by atoms with Gasteiger partial charge in [-0.05, 0) is 20.8 Å². The molecule has 0 aliphatic rings. The van der Waals surface area contributed by atoms with Crippen molar-refractivity contribution in [1.82, 2.24) is 25.7 Å². The molecule has 0 aliphatic heterocycles. The van der Waals surface area contributed by atoms with Gasteiger partial charge in [-0.3, -0.25) is 9.79 Å². The first-order valence-electron chi connectivity index (χ1n) is 6.73. The Balaban J connectivity index is 2.50. The molecule has 0 radical (unpaired) electrons. The van der Waals surface area contributed by atoms with Crippen LogP contribution in [-0.2, 0) is 11.3 Å². The summed E-state index contributed by atoms with van der Waals surface area (Å²) in [4.78, 5) is 21.8. The molecule has 0 aromatic carbocycles. The van der Waals surface area contributed by atoms with Gasteiger partial charge in [0, 0.05) is 26.6 Å². The molecule has 0 saturated carbocycles. The van der Waals surface area contributed by atoms with Crippen LogP contribution in [0.2, 0.25) is 0 Å². The van der Waals surface area contributed by atoms with Gasteiger partial charge in [0.05, 0.1) is 13.1 Å². The Labute approximate surface area is 125 Å². The fourth-order valence-electron chi connectivity index (χ4n) is 1.70. The van der Waals surface area contributed by atoms with Gasteiger partial charge in [-0.15, -0.1) is 0 Å². The molecule has 0 unspecified atom stereocenters. The lowest BCUT2D eigenvalue weighted by Gasteiger charge is -2.25. The van der Waals surface area contributed by atoms with Crippen LogP contribution in [-0.4, -0.2) is 53.1 Å². The van der Waals surface area contributed by atoms with E-state index in [0.717, 1.165) is 0 Å². The van der Waals surface area contributed by atoms with E-state index in [1.165, 1.54) is 0 Å². The molecule has 118 valence electrons. The summed E-state index contributed by atoms with van der Waals surface area (Å²) in [6.07, 6.45) is 0. The van der Waals surface area contributed by atoms with Gasteiger partial charge in [0.2, 0.25) is 11.8 Å². The number of aromatic nitrogens is 2. The number of rotatable bonds is 4. The predicted molar refractivity (Wildman–Crippen MR) is 79.8 cm³/mol. The number of hydrogen-bond acceptors (Lipinski definition) is 5. The topological polar surface area (TPSA) is 95.7 Å².